The van der Waals surface area contributed by atoms with Crippen molar-refractivity contribution >= 4 is 41.7 Å². The summed E-state index contributed by atoms with van der Waals surface area (Å²) in [4.78, 5) is 4.29. The molecule has 1 atom stereocenters. The van der Waals surface area contributed by atoms with E-state index >= 15 is 0 Å². The Hall–Kier alpha value is -0.510. The lowest BCUT2D eigenvalue weighted by atomic mass is 10.1. The highest BCUT2D eigenvalue weighted by Gasteiger charge is 2.29. The van der Waals surface area contributed by atoms with Crippen LogP contribution in [0.4, 0.5) is 0 Å². The van der Waals surface area contributed by atoms with Crippen molar-refractivity contribution in [3.63, 3.8) is 0 Å². The summed E-state index contributed by atoms with van der Waals surface area (Å²) in [6, 6.07) is 0. The molecule has 0 saturated carbocycles. The van der Waals surface area contributed by atoms with Gasteiger partial charge in [0.1, 0.15) is 12.2 Å². The smallest absolute Gasteiger partial charge is 0.191 e. The minimum Gasteiger partial charge on any atom is -0.355 e. The summed E-state index contributed by atoms with van der Waals surface area (Å²) in [6.45, 7) is 7.05. The van der Waals surface area contributed by atoms with Gasteiger partial charge in [-0.15, -0.1) is 34.2 Å². The first-order valence-electron chi connectivity index (χ1n) is 7.62. The number of guanidine groups is 1. The summed E-state index contributed by atoms with van der Waals surface area (Å²) in [5.41, 5.74) is 0. The predicted molar refractivity (Wildman–Crippen MR) is 104 cm³/mol. The molecule has 0 amide bonds. The predicted octanol–water partition coefficient (Wildman–Crippen LogP) is 1.91. The van der Waals surface area contributed by atoms with Crippen LogP contribution < -0.4 is 10.6 Å². The van der Waals surface area contributed by atoms with Gasteiger partial charge in [0.15, 0.2) is 5.96 Å². The van der Waals surface area contributed by atoms with Gasteiger partial charge < -0.3 is 15.2 Å². The molecule has 0 aliphatic carbocycles. The standard InChI is InChI=1S/C14H26N6S.HI/c1-4-12-19-18-11-20(12)8-7-16-13(15-3)17-10-14(2)6-5-9-21-14;/h11H,4-10H2,1-3H3,(H2,15,16,17);1H. The van der Waals surface area contributed by atoms with Gasteiger partial charge in [-0.05, 0) is 25.5 Å². The first-order valence-corrected chi connectivity index (χ1v) is 8.60. The SMILES string of the molecule is CCc1nncn1CCNC(=NC)NCC1(C)CCCS1.I. The van der Waals surface area contributed by atoms with Crippen LogP contribution in [0.1, 0.15) is 32.5 Å². The number of nitrogens with one attached hydrogen (secondary N) is 2. The molecule has 0 bridgehead atoms. The molecule has 1 aliphatic heterocycles. The van der Waals surface area contributed by atoms with Crippen LogP contribution in [0, 0.1) is 0 Å². The second-order valence-corrected chi connectivity index (χ2v) is 7.23. The van der Waals surface area contributed by atoms with E-state index in [2.05, 4.69) is 56.0 Å². The number of rotatable bonds is 6. The van der Waals surface area contributed by atoms with E-state index in [0.717, 1.165) is 37.8 Å². The fourth-order valence-corrected chi connectivity index (χ4v) is 3.75. The van der Waals surface area contributed by atoms with E-state index in [1.54, 1.807) is 6.33 Å². The summed E-state index contributed by atoms with van der Waals surface area (Å²) in [7, 11) is 1.82. The Morgan fingerprint density at radius 1 is 1.50 bits per heavy atom. The Morgan fingerprint density at radius 3 is 2.95 bits per heavy atom. The second kappa shape index (κ2) is 9.59. The average Bonchev–Trinajstić information content (AvgIpc) is 3.11. The zero-order chi connectivity index (χ0) is 15.1. The molecule has 0 radical (unpaired) electrons. The summed E-state index contributed by atoms with van der Waals surface area (Å²) in [5.74, 6) is 3.17. The highest BCUT2D eigenvalue weighted by molar-refractivity contribution is 14.0. The lowest BCUT2D eigenvalue weighted by Crippen LogP contribution is -2.44. The number of aliphatic imine (C=N–C) groups is 1. The first kappa shape index (κ1) is 19.5. The molecule has 1 aliphatic rings. The van der Waals surface area contributed by atoms with Gasteiger partial charge in [0.2, 0.25) is 0 Å². The molecule has 2 rings (SSSR count). The highest BCUT2D eigenvalue weighted by atomic mass is 127. The van der Waals surface area contributed by atoms with E-state index in [9.17, 15) is 0 Å². The highest BCUT2D eigenvalue weighted by Crippen LogP contribution is 2.36. The number of hydrogen-bond acceptors (Lipinski definition) is 4. The van der Waals surface area contributed by atoms with Gasteiger partial charge in [0, 0.05) is 37.8 Å². The monoisotopic (exact) mass is 438 g/mol. The van der Waals surface area contributed by atoms with Crippen molar-refractivity contribution in [2.75, 3.05) is 25.9 Å². The summed E-state index contributed by atoms with van der Waals surface area (Å²) in [6.07, 6.45) is 5.29. The molecule has 2 N–H and O–H groups in total. The van der Waals surface area contributed by atoms with Crippen LogP contribution in [0.5, 0.6) is 0 Å². The Balaban J connectivity index is 0.00000242. The van der Waals surface area contributed by atoms with E-state index in [0.29, 0.717) is 4.75 Å². The summed E-state index contributed by atoms with van der Waals surface area (Å²) < 4.78 is 2.43. The molecule has 1 aromatic heterocycles. The van der Waals surface area contributed by atoms with Crippen LogP contribution in [0.25, 0.3) is 0 Å². The second-order valence-electron chi connectivity index (χ2n) is 5.55. The fraction of sp³-hybridized carbons (Fsp3) is 0.786. The van der Waals surface area contributed by atoms with Crippen molar-refractivity contribution in [1.82, 2.24) is 25.4 Å². The van der Waals surface area contributed by atoms with E-state index in [1.165, 1.54) is 18.6 Å². The molecule has 22 heavy (non-hydrogen) atoms. The molecule has 2 heterocycles. The van der Waals surface area contributed by atoms with Gasteiger partial charge in [-0.25, -0.2) is 0 Å². The molecular weight excluding hydrogens is 411 g/mol. The van der Waals surface area contributed by atoms with Crippen molar-refractivity contribution in [1.29, 1.82) is 0 Å². The first-order chi connectivity index (χ1) is 10.2. The van der Waals surface area contributed by atoms with Gasteiger partial charge in [-0.1, -0.05) is 6.92 Å². The van der Waals surface area contributed by atoms with Crippen LogP contribution in [0.3, 0.4) is 0 Å². The fourth-order valence-electron chi connectivity index (χ4n) is 2.50. The van der Waals surface area contributed by atoms with Crippen LogP contribution >= 0.6 is 35.7 Å². The number of aromatic nitrogens is 3. The number of aryl methyl sites for hydroxylation is 1. The number of thioether (sulfide) groups is 1. The zero-order valence-corrected chi connectivity index (χ0v) is 16.8. The average molecular weight is 438 g/mol. The van der Waals surface area contributed by atoms with Crippen LogP contribution in [0.2, 0.25) is 0 Å². The largest absolute Gasteiger partial charge is 0.355 e. The van der Waals surface area contributed by atoms with Gasteiger partial charge in [0.25, 0.3) is 0 Å². The van der Waals surface area contributed by atoms with E-state index in [1.807, 2.05) is 7.05 Å². The van der Waals surface area contributed by atoms with E-state index in [-0.39, 0.29) is 24.0 Å². The normalized spacial score (nSPS) is 21.5. The van der Waals surface area contributed by atoms with Crippen molar-refractivity contribution in [2.45, 2.75) is 44.4 Å². The maximum Gasteiger partial charge on any atom is 0.191 e. The van der Waals surface area contributed by atoms with Crippen molar-refractivity contribution in [2.24, 2.45) is 4.99 Å². The van der Waals surface area contributed by atoms with Crippen LogP contribution in [0.15, 0.2) is 11.3 Å². The zero-order valence-electron chi connectivity index (χ0n) is 13.6. The Kier molecular flexibility index (Phi) is 8.52. The maximum absolute atomic E-state index is 4.29. The van der Waals surface area contributed by atoms with Gasteiger partial charge in [0.05, 0.1) is 0 Å². The number of hydrogen-bond donors (Lipinski definition) is 2. The molecule has 6 nitrogen and oxygen atoms in total. The third-order valence-electron chi connectivity index (χ3n) is 3.81. The van der Waals surface area contributed by atoms with Gasteiger partial charge >= 0.3 is 0 Å². The molecule has 1 aromatic rings. The van der Waals surface area contributed by atoms with Crippen LogP contribution in [-0.2, 0) is 13.0 Å². The Labute approximate surface area is 154 Å². The molecular formula is C14H27IN6S. The molecule has 1 fully saturated rings. The van der Waals surface area contributed by atoms with Crippen molar-refractivity contribution in [3.05, 3.63) is 12.2 Å². The lowest BCUT2D eigenvalue weighted by Gasteiger charge is -2.24. The quantitative estimate of drug-likeness (QED) is 0.404. The van der Waals surface area contributed by atoms with E-state index < -0.39 is 0 Å². The Morgan fingerprint density at radius 2 is 2.32 bits per heavy atom. The molecule has 0 aromatic carbocycles. The minimum atomic E-state index is 0. The Bertz CT molecular complexity index is 470. The molecule has 0 spiro atoms. The maximum atomic E-state index is 4.29. The topological polar surface area (TPSA) is 67.1 Å². The number of nitrogens with zero attached hydrogens (tertiary/aromatic N) is 4. The summed E-state index contributed by atoms with van der Waals surface area (Å²) >= 11 is 2.06. The van der Waals surface area contributed by atoms with Crippen molar-refractivity contribution in [3.8, 4) is 0 Å². The minimum absolute atomic E-state index is 0. The summed E-state index contributed by atoms with van der Waals surface area (Å²) in [5, 5.41) is 14.8. The molecule has 8 heteroatoms. The van der Waals surface area contributed by atoms with Crippen LogP contribution in [-0.4, -0.2) is 51.4 Å². The van der Waals surface area contributed by atoms with Gasteiger partial charge in [-0.3, -0.25) is 4.99 Å². The molecule has 1 saturated heterocycles. The van der Waals surface area contributed by atoms with Crippen molar-refractivity contribution < 1.29 is 0 Å². The molecule has 126 valence electrons. The lowest BCUT2D eigenvalue weighted by molar-refractivity contribution is 0.579. The third kappa shape index (κ3) is 5.60. The number of halogens is 1. The third-order valence-corrected chi connectivity index (χ3v) is 5.35. The van der Waals surface area contributed by atoms with E-state index in [4.69, 9.17) is 0 Å². The molecule has 1 unspecified atom stereocenters. The van der Waals surface area contributed by atoms with Gasteiger partial charge in [-0.2, -0.15) is 11.8 Å².